The number of imidazole rings is 1. The first kappa shape index (κ1) is 20.2. The van der Waals surface area contributed by atoms with Gasteiger partial charge in [-0.25, -0.2) is 9.78 Å². The van der Waals surface area contributed by atoms with Crippen LogP contribution in [0.5, 0.6) is 0 Å². The van der Waals surface area contributed by atoms with Gasteiger partial charge < -0.3 is 9.88 Å². The average Bonchev–Trinajstić information content (AvgIpc) is 3.04. The van der Waals surface area contributed by atoms with E-state index >= 15 is 0 Å². The number of para-hydroxylation sites is 1. The molecule has 3 aromatic rings. The quantitative estimate of drug-likeness (QED) is 0.616. The number of fused-ring (bicyclic) bond motifs is 1. The van der Waals surface area contributed by atoms with Gasteiger partial charge in [0, 0.05) is 20.6 Å². The summed E-state index contributed by atoms with van der Waals surface area (Å²) in [4.78, 5) is 41.6. The van der Waals surface area contributed by atoms with Gasteiger partial charge in [0.25, 0.3) is 5.56 Å². The van der Waals surface area contributed by atoms with Crippen LogP contribution in [0.25, 0.3) is 11.2 Å². The molecule has 148 valence electrons. The van der Waals surface area contributed by atoms with Crippen molar-refractivity contribution in [3.05, 3.63) is 50.1 Å². The van der Waals surface area contributed by atoms with Crippen molar-refractivity contribution in [3.63, 3.8) is 0 Å². The molecule has 2 heterocycles. The van der Waals surface area contributed by atoms with E-state index in [1.165, 1.54) is 23.4 Å². The van der Waals surface area contributed by atoms with Crippen LogP contribution >= 0.6 is 23.4 Å². The Labute approximate surface area is 170 Å². The third-order valence-corrected chi connectivity index (χ3v) is 5.55. The van der Waals surface area contributed by atoms with E-state index in [2.05, 4.69) is 10.3 Å². The maximum absolute atomic E-state index is 12.6. The summed E-state index contributed by atoms with van der Waals surface area (Å²) in [5.74, 6) is -0.151. The van der Waals surface area contributed by atoms with Gasteiger partial charge in [0.05, 0.1) is 16.5 Å². The van der Waals surface area contributed by atoms with Crippen LogP contribution in [0.15, 0.2) is 39.0 Å². The fraction of sp³-hybridized carbons (Fsp3) is 0.333. The van der Waals surface area contributed by atoms with Crippen molar-refractivity contribution < 1.29 is 4.79 Å². The Balaban J connectivity index is 1.91. The molecule has 0 saturated heterocycles. The predicted octanol–water partition coefficient (Wildman–Crippen LogP) is 2.23. The molecule has 0 bridgehead atoms. The molecule has 0 spiro atoms. The van der Waals surface area contributed by atoms with Crippen molar-refractivity contribution in [1.29, 1.82) is 0 Å². The Bertz CT molecular complexity index is 1160. The van der Waals surface area contributed by atoms with Crippen LogP contribution in [0.3, 0.4) is 0 Å². The summed E-state index contributed by atoms with van der Waals surface area (Å²) in [6.45, 7) is 2.54. The molecule has 0 saturated carbocycles. The van der Waals surface area contributed by atoms with Crippen LogP contribution < -0.4 is 16.6 Å². The van der Waals surface area contributed by atoms with Crippen molar-refractivity contribution in [2.45, 2.75) is 25.0 Å². The lowest BCUT2D eigenvalue weighted by Crippen LogP contribution is -2.37. The Morgan fingerprint density at radius 2 is 1.93 bits per heavy atom. The number of rotatable bonds is 6. The number of amides is 1. The number of nitrogens with one attached hydrogen (secondary N) is 1. The Hall–Kier alpha value is -2.52. The predicted molar refractivity (Wildman–Crippen MR) is 111 cm³/mol. The zero-order valence-electron chi connectivity index (χ0n) is 15.7. The number of hydrogen-bond donors (Lipinski definition) is 1. The van der Waals surface area contributed by atoms with E-state index < -0.39 is 11.2 Å². The van der Waals surface area contributed by atoms with E-state index in [-0.39, 0.29) is 11.7 Å². The van der Waals surface area contributed by atoms with Crippen LogP contribution in [0.2, 0.25) is 5.02 Å². The van der Waals surface area contributed by atoms with E-state index in [0.29, 0.717) is 33.6 Å². The highest BCUT2D eigenvalue weighted by Crippen LogP contribution is 2.24. The van der Waals surface area contributed by atoms with Gasteiger partial charge in [-0.05, 0) is 18.6 Å². The van der Waals surface area contributed by atoms with E-state index in [1.54, 1.807) is 35.9 Å². The lowest BCUT2D eigenvalue weighted by molar-refractivity contribution is -0.113. The molecule has 0 aliphatic rings. The van der Waals surface area contributed by atoms with Crippen molar-refractivity contribution in [2.24, 2.45) is 14.1 Å². The normalized spacial score (nSPS) is 11.1. The van der Waals surface area contributed by atoms with Gasteiger partial charge >= 0.3 is 5.69 Å². The average molecular weight is 422 g/mol. The molecule has 0 fully saturated rings. The molecule has 0 aliphatic carbocycles. The summed E-state index contributed by atoms with van der Waals surface area (Å²) in [5, 5.41) is 3.73. The molecule has 8 nitrogen and oxygen atoms in total. The van der Waals surface area contributed by atoms with Crippen LogP contribution in [-0.4, -0.2) is 30.3 Å². The summed E-state index contributed by atoms with van der Waals surface area (Å²) < 4.78 is 4.18. The van der Waals surface area contributed by atoms with Gasteiger partial charge in [-0.15, -0.1) is 0 Å². The van der Waals surface area contributed by atoms with Crippen LogP contribution in [-0.2, 0) is 25.4 Å². The van der Waals surface area contributed by atoms with Crippen LogP contribution in [0.1, 0.15) is 13.3 Å². The lowest BCUT2D eigenvalue weighted by atomic mass is 10.3. The Morgan fingerprint density at radius 1 is 1.21 bits per heavy atom. The summed E-state index contributed by atoms with van der Waals surface area (Å²) in [5.41, 5.74) is 0.377. The van der Waals surface area contributed by atoms with E-state index in [1.807, 2.05) is 6.92 Å². The van der Waals surface area contributed by atoms with Gasteiger partial charge in [-0.2, -0.15) is 0 Å². The Kier molecular flexibility index (Phi) is 5.95. The molecule has 3 rings (SSSR count). The molecular weight excluding hydrogens is 402 g/mol. The molecule has 1 N–H and O–H groups in total. The highest BCUT2D eigenvalue weighted by Gasteiger charge is 2.19. The summed E-state index contributed by atoms with van der Waals surface area (Å²) >= 11 is 7.27. The molecule has 1 amide bonds. The minimum absolute atomic E-state index is 0.0898. The van der Waals surface area contributed by atoms with Gasteiger partial charge in [0.2, 0.25) is 5.91 Å². The molecule has 0 atom stereocenters. The topological polar surface area (TPSA) is 90.9 Å². The highest BCUT2D eigenvalue weighted by atomic mass is 35.5. The number of halogens is 1. The number of aromatic nitrogens is 4. The van der Waals surface area contributed by atoms with Gasteiger partial charge in [-0.3, -0.25) is 18.7 Å². The van der Waals surface area contributed by atoms with E-state index in [0.717, 1.165) is 11.0 Å². The molecule has 0 unspecified atom stereocenters. The minimum atomic E-state index is -0.438. The first-order valence-corrected chi connectivity index (χ1v) is 10.0. The maximum atomic E-state index is 12.6. The fourth-order valence-electron chi connectivity index (χ4n) is 2.85. The van der Waals surface area contributed by atoms with Crippen molar-refractivity contribution >= 4 is 46.1 Å². The lowest BCUT2D eigenvalue weighted by Gasteiger charge is -2.09. The number of carbonyl (C=O) groups excluding carboxylic acids is 1. The number of carbonyl (C=O) groups is 1. The highest BCUT2D eigenvalue weighted by molar-refractivity contribution is 7.99. The van der Waals surface area contributed by atoms with E-state index in [9.17, 15) is 14.4 Å². The molecular formula is C18H20ClN5O3S. The third kappa shape index (κ3) is 3.72. The second kappa shape index (κ2) is 8.24. The minimum Gasteiger partial charge on any atom is -0.324 e. The molecule has 28 heavy (non-hydrogen) atoms. The summed E-state index contributed by atoms with van der Waals surface area (Å²) in [7, 11) is 3.02. The van der Waals surface area contributed by atoms with Gasteiger partial charge in [0.1, 0.15) is 0 Å². The standard InChI is InChI=1S/C18H20ClN5O3S/c1-4-9-24-14-15(22(2)18(27)23(3)16(14)26)21-17(24)28-10-13(25)20-12-8-6-5-7-11(12)19/h5-8H,4,9-10H2,1-3H3,(H,20,25). The Morgan fingerprint density at radius 3 is 2.61 bits per heavy atom. The SMILES string of the molecule is CCCn1c(SCC(=O)Nc2ccccc2Cl)nc2c1c(=O)n(C)c(=O)n2C. The largest absolute Gasteiger partial charge is 0.332 e. The van der Waals surface area contributed by atoms with Crippen molar-refractivity contribution in [2.75, 3.05) is 11.1 Å². The number of hydrogen-bond acceptors (Lipinski definition) is 5. The number of aryl methyl sites for hydroxylation is 2. The number of thioether (sulfide) groups is 1. The van der Waals surface area contributed by atoms with E-state index in [4.69, 9.17) is 11.6 Å². The zero-order valence-corrected chi connectivity index (χ0v) is 17.3. The first-order valence-electron chi connectivity index (χ1n) is 8.68. The number of nitrogens with zero attached hydrogens (tertiary/aromatic N) is 4. The summed E-state index contributed by atoms with van der Waals surface area (Å²) in [6, 6.07) is 6.98. The maximum Gasteiger partial charge on any atom is 0.332 e. The first-order chi connectivity index (χ1) is 13.3. The van der Waals surface area contributed by atoms with Gasteiger partial charge in [0.15, 0.2) is 16.3 Å². The second-order valence-corrected chi connectivity index (χ2v) is 7.59. The van der Waals surface area contributed by atoms with Gasteiger partial charge in [-0.1, -0.05) is 42.4 Å². The second-order valence-electron chi connectivity index (χ2n) is 6.24. The fourth-order valence-corrected chi connectivity index (χ4v) is 3.85. The molecule has 0 radical (unpaired) electrons. The van der Waals surface area contributed by atoms with Crippen molar-refractivity contribution in [3.8, 4) is 0 Å². The van der Waals surface area contributed by atoms with Crippen LogP contribution in [0.4, 0.5) is 5.69 Å². The van der Waals surface area contributed by atoms with Crippen LogP contribution in [0, 0.1) is 0 Å². The monoisotopic (exact) mass is 421 g/mol. The molecule has 0 aliphatic heterocycles. The smallest absolute Gasteiger partial charge is 0.324 e. The molecule has 1 aromatic carbocycles. The zero-order chi connectivity index (χ0) is 20.4. The molecule has 2 aromatic heterocycles. The molecule has 10 heteroatoms. The number of benzene rings is 1. The summed E-state index contributed by atoms with van der Waals surface area (Å²) in [6.07, 6.45) is 0.775. The third-order valence-electron chi connectivity index (χ3n) is 4.24. The van der Waals surface area contributed by atoms with Crippen molar-refractivity contribution in [1.82, 2.24) is 18.7 Å². The number of anilines is 1.